The van der Waals surface area contributed by atoms with Gasteiger partial charge in [0.15, 0.2) is 0 Å². The second-order valence-electron chi connectivity index (χ2n) is 5.28. The molecule has 5 heteroatoms. The predicted molar refractivity (Wildman–Crippen MR) is 102 cm³/mol. The Bertz CT molecular complexity index is 953. The third kappa shape index (κ3) is 3.65. The molecule has 1 heterocycles. The van der Waals surface area contributed by atoms with E-state index in [1.54, 1.807) is 24.7 Å². The van der Waals surface area contributed by atoms with Crippen molar-refractivity contribution in [3.63, 3.8) is 0 Å². The average Bonchev–Trinajstić information content (AvgIpc) is 2.68. The van der Waals surface area contributed by atoms with E-state index in [4.69, 9.17) is 4.74 Å². The van der Waals surface area contributed by atoms with E-state index >= 15 is 0 Å². The van der Waals surface area contributed by atoms with Gasteiger partial charge >= 0.3 is 5.69 Å². The maximum absolute atomic E-state index is 12.7. The minimum Gasteiger partial charge on any atom is -0.497 e. The van der Waals surface area contributed by atoms with E-state index in [0.717, 1.165) is 11.3 Å². The highest BCUT2D eigenvalue weighted by Gasteiger charge is 2.11. The van der Waals surface area contributed by atoms with Gasteiger partial charge in [0.05, 0.1) is 24.6 Å². The molecule has 5 nitrogen and oxygen atoms in total. The molecule has 2 aromatic carbocycles. The van der Waals surface area contributed by atoms with Gasteiger partial charge in [0, 0.05) is 6.54 Å². The van der Waals surface area contributed by atoms with Crippen LogP contribution in [0.4, 0.5) is 0 Å². The van der Waals surface area contributed by atoms with Crippen LogP contribution in [-0.4, -0.2) is 16.2 Å². The summed E-state index contributed by atoms with van der Waals surface area (Å²) in [5.41, 5.74) is 1.11. The van der Waals surface area contributed by atoms with Crippen molar-refractivity contribution in [3.05, 3.63) is 74.9 Å². The van der Waals surface area contributed by atoms with Gasteiger partial charge in [-0.3, -0.25) is 13.9 Å². The first-order valence-electron chi connectivity index (χ1n) is 8.51. The number of fused-ring (bicyclic) bond motifs is 1. The Morgan fingerprint density at radius 2 is 1.56 bits per heavy atom. The molecule has 3 aromatic rings. The lowest BCUT2D eigenvalue weighted by atomic mass is 10.2. The molecule has 1 aromatic heterocycles. The van der Waals surface area contributed by atoms with E-state index in [9.17, 15) is 9.59 Å². The molecule has 3 rings (SSSR count). The normalized spacial score (nSPS) is 10.2. The molecule has 25 heavy (non-hydrogen) atoms. The Balaban J connectivity index is 0.00000109. The zero-order valence-electron chi connectivity index (χ0n) is 15.2. The Labute approximate surface area is 147 Å². The highest BCUT2D eigenvalue weighted by molar-refractivity contribution is 5.77. The van der Waals surface area contributed by atoms with Gasteiger partial charge in [-0.1, -0.05) is 38.1 Å². The maximum atomic E-state index is 12.7. The summed E-state index contributed by atoms with van der Waals surface area (Å²) in [5, 5.41) is 0.558. The molecular formula is C20H24N2O3. The molecular weight excluding hydrogens is 316 g/mol. The van der Waals surface area contributed by atoms with Crippen molar-refractivity contribution in [1.29, 1.82) is 0 Å². The summed E-state index contributed by atoms with van der Waals surface area (Å²) in [6.07, 6.45) is 0. The summed E-state index contributed by atoms with van der Waals surface area (Å²) in [4.78, 5) is 25.1. The van der Waals surface area contributed by atoms with E-state index in [2.05, 4.69) is 0 Å². The Morgan fingerprint density at radius 3 is 2.16 bits per heavy atom. The molecule has 0 fully saturated rings. The highest BCUT2D eigenvalue weighted by atomic mass is 16.5. The van der Waals surface area contributed by atoms with Crippen LogP contribution < -0.4 is 16.0 Å². The number of nitrogens with zero attached hydrogens (tertiary/aromatic N) is 2. The van der Waals surface area contributed by atoms with E-state index in [1.165, 1.54) is 4.57 Å². The first-order valence-corrected chi connectivity index (χ1v) is 8.51. The van der Waals surface area contributed by atoms with Crippen molar-refractivity contribution >= 4 is 10.9 Å². The van der Waals surface area contributed by atoms with Crippen molar-refractivity contribution in [2.45, 2.75) is 33.9 Å². The number of benzene rings is 2. The molecule has 0 radical (unpaired) electrons. The maximum Gasteiger partial charge on any atom is 0.331 e. The van der Waals surface area contributed by atoms with Gasteiger partial charge < -0.3 is 4.74 Å². The molecule has 0 N–H and O–H groups in total. The first kappa shape index (κ1) is 18.5. The van der Waals surface area contributed by atoms with Crippen LogP contribution in [0.25, 0.3) is 10.9 Å². The van der Waals surface area contributed by atoms with Crippen LogP contribution in [0.2, 0.25) is 0 Å². The van der Waals surface area contributed by atoms with E-state index in [1.807, 2.05) is 56.3 Å². The fraction of sp³-hybridized carbons (Fsp3) is 0.300. The molecule has 0 amide bonds. The van der Waals surface area contributed by atoms with E-state index < -0.39 is 0 Å². The third-order valence-corrected chi connectivity index (χ3v) is 3.95. The van der Waals surface area contributed by atoms with Crippen molar-refractivity contribution in [1.82, 2.24) is 9.13 Å². The van der Waals surface area contributed by atoms with Gasteiger partial charge in [0.2, 0.25) is 0 Å². The minimum absolute atomic E-state index is 0.237. The molecule has 0 aliphatic rings. The zero-order valence-corrected chi connectivity index (χ0v) is 15.2. The van der Waals surface area contributed by atoms with Gasteiger partial charge in [0.25, 0.3) is 5.56 Å². The van der Waals surface area contributed by atoms with Crippen LogP contribution in [0.5, 0.6) is 5.75 Å². The van der Waals surface area contributed by atoms with Crippen LogP contribution in [-0.2, 0) is 13.1 Å². The second-order valence-corrected chi connectivity index (χ2v) is 5.28. The lowest BCUT2D eigenvalue weighted by Gasteiger charge is -2.13. The summed E-state index contributed by atoms with van der Waals surface area (Å²) >= 11 is 0. The number of hydrogen-bond acceptors (Lipinski definition) is 3. The van der Waals surface area contributed by atoms with Crippen LogP contribution in [0.15, 0.2) is 58.1 Å². The third-order valence-electron chi connectivity index (χ3n) is 3.95. The molecule has 0 atom stereocenters. The fourth-order valence-corrected chi connectivity index (χ4v) is 2.72. The second kappa shape index (κ2) is 8.33. The van der Waals surface area contributed by atoms with Gasteiger partial charge in [-0.25, -0.2) is 4.79 Å². The van der Waals surface area contributed by atoms with Gasteiger partial charge in [-0.05, 0) is 36.8 Å². The minimum atomic E-state index is -0.285. The summed E-state index contributed by atoms with van der Waals surface area (Å²) in [7, 11) is 1.62. The lowest BCUT2D eigenvalue weighted by molar-refractivity contribution is 0.414. The smallest absolute Gasteiger partial charge is 0.331 e. The monoisotopic (exact) mass is 340 g/mol. The van der Waals surface area contributed by atoms with Crippen LogP contribution in [0.3, 0.4) is 0 Å². The number of methoxy groups -OCH3 is 1. The molecule has 0 saturated heterocycles. The van der Waals surface area contributed by atoms with Gasteiger partial charge in [0.1, 0.15) is 5.75 Å². The van der Waals surface area contributed by atoms with Crippen molar-refractivity contribution in [3.8, 4) is 5.75 Å². The number of ether oxygens (including phenoxy) is 1. The number of para-hydroxylation sites is 1. The van der Waals surface area contributed by atoms with Crippen LogP contribution in [0, 0.1) is 0 Å². The molecule has 132 valence electrons. The standard InChI is InChI=1S/C18H18N2O3.C2H6/c1-3-19-17(21)15-6-4-5-7-16(15)20(18(19)22)12-13-8-10-14(23-2)11-9-13;1-2/h4-11H,3,12H2,1-2H3;1-2H3. The van der Waals surface area contributed by atoms with E-state index in [-0.39, 0.29) is 11.2 Å². The predicted octanol–water partition coefficient (Wildman–Crippen LogP) is 3.27. The van der Waals surface area contributed by atoms with Gasteiger partial charge in [-0.2, -0.15) is 0 Å². The van der Waals surface area contributed by atoms with Crippen molar-refractivity contribution < 1.29 is 4.74 Å². The molecule has 0 aliphatic carbocycles. The SMILES string of the molecule is CC.CCn1c(=O)c2ccccc2n(Cc2ccc(OC)cc2)c1=O. The van der Waals surface area contributed by atoms with Gasteiger partial charge in [-0.15, -0.1) is 0 Å². The topological polar surface area (TPSA) is 53.2 Å². The van der Waals surface area contributed by atoms with Crippen LogP contribution >= 0.6 is 0 Å². The molecule has 0 aliphatic heterocycles. The summed E-state index contributed by atoms with van der Waals surface area (Å²) in [6, 6.07) is 14.8. The quantitative estimate of drug-likeness (QED) is 0.732. The summed E-state index contributed by atoms with van der Waals surface area (Å²) in [6.45, 7) is 6.56. The summed E-state index contributed by atoms with van der Waals surface area (Å²) < 4.78 is 8.06. The van der Waals surface area contributed by atoms with Crippen LogP contribution in [0.1, 0.15) is 26.3 Å². The zero-order chi connectivity index (χ0) is 18.4. The Kier molecular flexibility index (Phi) is 6.17. The molecule has 0 spiro atoms. The number of aromatic nitrogens is 2. The highest BCUT2D eigenvalue weighted by Crippen LogP contribution is 2.14. The molecule has 0 unspecified atom stereocenters. The summed E-state index contributed by atoms with van der Waals surface area (Å²) in [5.74, 6) is 0.768. The van der Waals surface area contributed by atoms with E-state index in [0.29, 0.717) is 24.0 Å². The molecule has 0 saturated carbocycles. The Hall–Kier alpha value is -2.82. The molecule has 0 bridgehead atoms. The first-order chi connectivity index (χ1) is 12.2. The Morgan fingerprint density at radius 1 is 0.920 bits per heavy atom. The largest absolute Gasteiger partial charge is 0.497 e. The average molecular weight is 340 g/mol. The number of hydrogen-bond donors (Lipinski definition) is 0. The lowest BCUT2D eigenvalue weighted by Crippen LogP contribution is -2.39. The van der Waals surface area contributed by atoms with Crippen molar-refractivity contribution in [2.75, 3.05) is 7.11 Å². The van der Waals surface area contributed by atoms with Crippen molar-refractivity contribution in [2.24, 2.45) is 0 Å². The number of rotatable bonds is 4. The fourth-order valence-electron chi connectivity index (χ4n) is 2.72.